The molecule has 0 atom stereocenters. The van der Waals surface area contributed by atoms with Crippen LogP contribution < -0.4 is 16.8 Å². The van der Waals surface area contributed by atoms with Gasteiger partial charge in [-0.2, -0.15) is 5.26 Å². The molecule has 0 amide bonds. The summed E-state index contributed by atoms with van der Waals surface area (Å²) < 4.78 is 0. The Morgan fingerprint density at radius 2 is 2.00 bits per heavy atom. The number of nitrogen functional groups attached to an aromatic ring is 1. The van der Waals surface area contributed by atoms with Crippen molar-refractivity contribution >= 4 is 28.8 Å². The molecule has 1 aromatic heterocycles. The van der Waals surface area contributed by atoms with E-state index in [0.717, 1.165) is 11.4 Å². The van der Waals surface area contributed by atoms with Crippen molar-refractivity contribution in [1.29, 1.82) is 5.26 Å². The van der Waals surface area contributed by atoms with Gasteiger partial charge in [0.15, 0.2) is 0 Å². The van der Waals surface area contributed by atoms with E-state index in [-0.39, 0.29) is 11.4 Å². The minimum atomic E-state index is 0.168. The standard InChI is InChI=1S/C13H10N6/c14-6-7-5-8-12(16)17-9-3-1-2-4-10(9)18-13(8)19-11(7)15/h1-5H,(H2,16,17)(H3,15,18,19). The Morgan fingerprint density at radius 3 is 2.79 bits per heavy atom. The Balaban J connectivity index is 2.26. The molecule has 2 heterocycles. The second kappa shape index (κ2) is 3.99. The highest BCUT2D eigenvalue weighted by Crippen LogP contribution is 2.33. The summed E-state index contributed by atoms with van der Waals surface area (Å²) in [5.74, 6) is 0.972. The van der Waals surface area contributed by atoms with E-state index in [4.69, 9.17) is 16.7 Å². The van der Waals surface area contributed by atoms with Gasteiger partial charge >= 0.3 is 0 Å². The molecule has 3 rings (SSSR count). The molecule has 2 aromatic rings. The molecule has 0 fully saturated rings. The predicted molar refractivity (Wildman–Crippen MR) is 73.5 cm³/mol. The highest BCUT2D eigenvalue weighted by Gasteiger charge is 2.17. The number of aromatic nitrogens is 1. The number of rotatable bonds is 0. The van der Waals surface area contributed by atoms with Crippen LogP contribution in [0.1, 0.15) is 11.1 Å². The average molecular weight is 250 g/mol. The number of amidine groups is 1. The van der Waals surface area contributed by atoms with Gasteiger partial charge in [0.2, 0.25) is 0 Å². The summed E-state index contributed by atoms with van der Waals surface area (Å²) in [4.78, 5) is 8.50. The van der Waals surface area contributed by atoms with Crippen LogP contribution in [0.5, 0.6) is 0 Å². The maximum atomic E-state index is 8.98. The van der Waals surface area contributed by atoms with Gasteiger partial charge in [-0.25, -0.2) is 9.98 Å². The molecule has 0 unspecified atom stereocenters. The zero-order valence-electron chi connectivity index (χ0n) is 9.88. The maximum Gasteiger partial charge on any atom is 0.143 e. The van der Waals surface area contributed by atoms with Crippen molar-refractivity contribution in [3.63, 3.8) is 0 Å². The molecule has 0 saturated heterocycles. The van der Waals surface area contributed by atoms with Gasteiger partial charge < -0.3 is 16.8 Å². The SMILES string of the molecule is N#Cc1cc2c(nc1N)Nc1ccccc1N=C2N. The molecule has 0 spiro atoms. The zero-order valence-corrected chi connectivity index (χ0v) is 9.88. The van der Waals surface area contributed by atoms with Crippen molar-refractivity contribution in [2.75, 3.05) is 11.1 Å². The summed E-state index contributed by atoms with van der Waals surface area (Å²) in [5.41, 5.74) is 14.0. The number of pyridine rings is 1. The molecular weight excluding hydrogens is 240 g/mol. The lowest BCUT2D eigenvalue weighted by atomic mass is 10.1. The number of nitrogens with zero attached hydrogens (tertiary/aromatic N) is 3. The third-order valence-corrected chi connectivity index (χ3v) is 2.85. The van der Waals surface area contributed by atoms with E-state index in [0.29, 0.717) is 17.2 Å². The summed E-state index contributed by atoms with van der Waals surface area (Å²) in [6.07, 6.45) is 0. The first-order chi connectivity index (χ1) is 9.19. The quantitative estimate of drug-likeness (QED) is 0.657. The van der Waals surface area contributed by atoms with Crippen molar-refractivity contribution in [3.05, 3.63) is 41.5 Å². The molecule has 1 aliphatic heterocycles. The summed E-state index contributed by atoms with van der Waals surface area (Å²) in [5, 5.41) is 12.1. The largest absolute Gasteiger partial charge is 0.383 e. The fraction of sp³-hybridized carbons (Fsp3) is 0. The van der Waals surface area contributed by atoms with E-state index in [1.165, 1.54) is 0 Å². The summed E-state index contributed by atoms with van der Waals surface area (Å²) in [7, 11) is 0. The van der Waals surface area contributed by atoms with Crippen molar-refractivity contribution in [3.8, 4) is 6.07 Å². The Hall–Kier alpha value is -3.07. The number of hydrogen-bond acceptors (Lipinski definition) is 6. The summed E-state index contributed by atoms with van der Waals surface area (Å²) in [6, 6.07) is 11.0. The van der Waals surface area contributed by atoms with Crippen molar-refractivity contribution in [2.24, 2.45) is 10.7 Å². The van der Waals surface area contributed by atoms with Gasteiger partial charge in [-0.15, -0.1) is 0 Å². The molecule has 92 valence electrons. The van der Waals surface area contributed by atoms with E-state index in [2.05, 4.69) is 15.3 Å². The van der Waals surface area contributed by atoms with Crippen LogP contribution in [-0.4, -0.2) is 10.8 Å². The fourth-order valence-corrected chi connectivity index (χ4v) is 1.90. The van der Waals surface area contributed by atoms with Gasteiger partial charge in [-0.05, 0) is 18.2 Å². The van der Waals surface area contributed by atoms with Gasteiger partial charge in [0.25, 0.3) is 0 Å². The number of nitrogens with one attached hydrogen (secondary N) is 1. The molecule has 1 aromatic carbocycles. The minimum Gasteiger partial charge on any atom is -0.383 e. The molecule has 0 radical (unpaired) electrons. The zero-order chi connectivity index (χ0) is 13.4. The first kappa shape index (κ1) is 11.0. The first-order valence-electron chi connectivity index (χ1n) is 5.60. The molecule has 0 aliphatic carbocycles. The second-order valence-corrected chi connectivity index (χ2v) is 4.07. The van der Waals surface area contributed by atoms with Crippen molar-refractivity contribution in [1.82, 2.24) is 4.98 Å². The van der Waals surface area contributed by atoms with Crippen LogP contribution in [0.2, 0.25) is 0 Å². The molecule has 1 aliphatic rings. The molecule has 5 N–H and O–H groups in total. The molecule has 6 nitrogen and oxygen atoms in total. The molecular formula is C13H10N6. The van der Waals surface area contributed by atoms with Crippen LogP contribution in [-0.2, 0) is 0 Å². The lowest BCUT2D eigenvalue weighted by molar-refractivity contribution is 1.29. The number of anilines is 3. The van der Waals surface area contributed by atoms with Crippen LogP contribution in [0.4, 0.5) is 23.0 Å². The second-order valence-electron chi connectivity index (χ2n) is 4.07. The molecule has 6 heteroatoms. The number of hydrogen-bond donors (Lipinski definition) is 3. The van der Waals surface area contributed by atoms with Gasteiger partial charge in [-0.3, -0.25) is 0 Å². The fourth-order valence-electron chi connectivity index (χ4n) is 1.90. The van der Waals surface area contributed by atoms with Crippen LogP contribution >= 0.6 is 0 Å². The van der Waals surface area contributed by atoms with E-state index in [9.17, 15) is 0 Å². The Morgan fingerprint density at radius 1 is 1.21 bits per heavy atom. The maximum absolute atomic E-state index is 8.98. The van der Waals surface area contributed by atoms with E-state index < -0.39 is 0 Å². The smallest absolute Gasteiger partial charge is 0.143 e. The average Bonchev–Trinajstić information content (AvgIpc) is 2.53. The number of fused-ring (bicyclic) bond motifs is 2. The topological polar surface area (TPSA) is 113 Å². The van der Waals surface area contributed by atoms with Crippen molar-refractivity contribution < 1.29 is 0 Å². The van der Waals surface area contributed by atoms with Gasteiger partial charge in [0.1, 0.15) is 23.5 Å². The number of aliphatic imine (C=N–C) groups is 1. The number of nitriles is 1. The predicted octanol–water partition coefficient (Wildman–Crippen LogP) is 1.63. The third kappa shape index (κ3) is 1.73. The van der Waals surface area contributed by atoms with Crippen LogP contribution in [0.25, 0.3) is 0 Å². The van der Waals surface area contributed by atoms with Crippen molar-refractivity contribution in [2.45, 2.75) is 0 Å². The Bertz CT molecular complexity index is 741. The molecule has 0 saturated carbocycles. The van der Waals surface area contributed by atoms with E-state index >= 15 is 0 Å². The number of nitrogens with two attached hydrogens (primary N) is 2. The lowest BCUT2D eigenvalue weighted by Gasteiger charge is -2.09. The monoisotopic (exact) mass is 250 g/mol. The Kier molecular flexibility index (Phi) is 2.32. The van der Waals surface area contributed by atoms with Crippen LogP contribution in [0.3, 0.4) is 0 Å². The minimum absolute atomic E-state index is 0.168. The highest BCUT2D eigenvalue weighted by molar-refractivity contribution is 6.06. The summed E-state index contributed by atoms with van der Waals surface area (Å²) in [6.45, 7) is 0. The Labute approximate surface area is 109 Å². The summed E-state index contributed by atoms with van der Waals surface area (Å²) >= 11 is 0. The van der Waals surface area contributed by atoms with E-state index in [1.807, 2.05) is 30.3 Å². The van der Waals surface area contributed by atoms with Gasteiger partial charge in [-0.1, -0.05) is 12.1 Å². The number of benzene rings is 1. The third-order valence-electron chi connectivity index (χ3n) is 2.85. The first-order valence-corrected chi connectivity index (χ1v) is 5.60. The normalized spacial score (nSPS) is 12.3. The van der Waals surface area contributed by atoms with Crippen LogP contribution in [0, 0.1) is 11.3 Å². The lowest BCUT2D eigenvalue weighted by Crippen LogP contribution is -2.15. The van der Waals surface area contributed by atoms with Gasteiger partial charge in [0, 0.05) is 0 Å². The van der Waals surface area contributed by atoms with Crippen LogP contribution in [0.15, 0.2) is 35.3 Å². The van der Waals surface area contributed by atoms with E-state index in [1.54, 1.807) is 6.07 Å². The number of para-hydroxylation sites is 2. The molecule has 19 heavy (non-hydrogen) atoms. The highest BCUT2D eigenvalue weighted by atomic mass is 15.1. The molecule has 0 bridgehead atoms. The van der Waals surface area contributed by atoms with Gasteiger partial charge in [0.05, 0.1) is 22.5 Å².